The summed E-state index contributed by atoms with van der Waals surface area (Å²) in [4.78, 5) is 17.8. The SMILES string of the molecule is CSCCn1c(=NC(=O)Cc2ccc(C)cc2)sc2c(C)cc(C)cc21. The lowest BCUT2D eigenvalue weighted by molar-refractivity contribution is -0.117. The second-order valence-corrected chi connectivity index (χ2v) is 8.59. The molecule has 0 saturated heterocycles. The van der Waals surface area contributed by atoms with Gasteiger partial charge in [-0.1, -0.05) is 47.2 Å². The molecule has 26 heavy (non-hydrogen) atoms. The van der Waals surface area contributed by atoms with E-state index in [0.29, 0.717) is 6.42 Å². The summed E-state index contributed by atoms with van der Waals surface area (Å²) < 4.78 is 3.42. The molecule has 136 valence electrons. The van der Waals surface area contributed by atoms with E-state index in [1.807, 2.05) is 31.2 Å². The van der Waals surface area contributed by atoms with Crippen molar-refractivity contribution in [2.24, 2.45) is 4.99 Å². The van der Waals surface area contributed by atoms with E-state index in [2.05, 4.69) is 41.8 Å². The molecular formula is C21H24N2OS2. The molecule has 0 aliphatic heterocycles. The Balaban J connectivity index is 2.01. The lowest BCUT2D eigenvalue weighted by Crippen LogP contribution is -2.18. The van der Waals surface area contributed by atoms with E-state index in [4.69, 9.17) is 0 Å². The van der Waals surface area contributed by atoms with E-state index in [1.165, 1.54) is 26.9 Å². The minimum absolute atomic E-state index is 0.0901. The molecule has 0 radical (unpaired) electrons. The van der Waals surface area contributed by atoms with Crippen LogP contribution in [0.4, 0.5) is 0 Å². The van der Waals surface area contributed by atoms with E-state index >= 15 is 0 Å². The van der Waals surface area contributed by atoms with Crippen LogP contribution in [-0.4, -0.2) is 22.5 Å². The molecule has 0 fully saturated rings. The number of thiazole rings is 1. The topological polar surface area (TPSA) is 34.4 Å². The Morgan fingerprint density at radius 2 is 1.85 bits per heavy atom. The van der Waals surface area contributed by atoms with Crippen LogP contribution < -0.4 is 4.80 Å². The van der Waals surface area contributed by atoms with Crippen molar-refractivity contribution in [2.45, 2.75) is 33.7 Å². The first-order valence-electron chi connectivity index (χ1n) is 8.70. The maximum absolute atomic E-state index is 12.5. The largest absolute Gasteiger partial charge is 0.315 e. The van der Waals surface area contributed by atoms with Crippen molar-refractivity contribution < 1.29 is 4.79 Å². The molecule has 0 atom stereocenters. The second-order valence-electron chi connectivity index (χ2n) is 6.63. The summed E-state index contributed by atoms with van der Waals surface area (Å²) in [6, 6.07) is 12.5. The summed E-state index contributed by atoms with van der Waals surface area (Å²) in [5.41, 5.74) is 5.87. The molecular weight excluding hydrogens is 360 g/mol. The van der Waals surface area contributed by atoms with Crippen molar-refractivity contribution in [3.05, 3.63) is 63.5 Å². The molecule has 1 heterocycles. The van der Waals surface area contributed by atoms with E-state index in [0.717, 1.165) is 22.7 Å². The maximum atomic E-state index is 12.5. The molecule has 0 aliphatic rings. The lowest BCUT2D eigenvalue weighted by Gasteiger charge is -2.05. The Morgan fingerprint density at radius 3 is 2.54 bits per heavy atom. The van der Waals surface area contributed by atoms with Crippen LogP contribution in [0.25, 0.3) is 10.2 Å². The van der Waals surface area contributed by atoms with E-state index < -0.39 is 0 Å². The van der Waals surface area contributed by atoms with E-state index in [-0.39, 0.29) is 5.91 Å². The van der Waals surface area contributed by atoms with Crippen LogP contribution in [0.3, 0.4) is 0 Å². The number of benzene rings is 2. The minimum atomic E-state index is -0.0901. The zero-order chi connectivity index (χ0) is 18.7. The second kappa shape index (κ2) is 8.23. The van der Waals surface area contributed by atoms with Gasteiger partial charge in [-0.2, -0.15) is 16.8 Å². The number of nitrogens with zero attached hydrogens (tertiary/aromatic N) is 2. The molecule has 0 aliphatic carbocycles. The number of rotatable bonds is 5. The minimum Gasteiger partial charge on any atom is -0.315 e. The zero-order valence-electron chi connectivity index (χ0n) is 15.7. The van der Waals surface area contributed by atoms with Crippen LogP contribution in [0.2, 0.25) is 0 Å². The fraction of sp³-hybridized carbons (Fsp3) is 0.333. The summed E-state index contributed by atoms with van der Waals surface area (Å²) in [5.74, 6) is 0.908. The highest BCUT2D eigenvalue weighted by Crippen LogP contribution is 2.23. The fourth-order valence-electron chi connectivity index (χ4n) is 3.02. The lowest BCUT2D eigenvalue weighted by atomic mass is 10.1. The Kier molecular flexibility index (Phi) is 5.99. The van der Waals surface area contributed by atoms with Crippen LogP contribution >= 0.6 is 23.1 Å². The summed E-state index contributed by atoms with van der Waals surface area (Å²) in [5, 5.41) is 0. The normalized spacial score (nSPS) is 12.1. The molecule has 1 amide bonds. The zero-order valence-corrected chi connectivity index (χ0v) is 17.3. The molecule has 0 unspecified atom stereocenters. The van der Waals surface area contributed by atoms with Gasteiger partial charge in [-0.05, 0) is 49.8 Å². The number of thioether (sulfide) groups is 1. The monoisotopic (exact) mass is 384 g/mol. The van der Waals surface area contributed by atoms with Crippen molar-refractivity contribution in [1.29, 1.82) is 0 Å². The van der Waals surface area contributed by atoms with Gasteiger partial charge in [-0.25, -0.2) is 0 Å². The number of aromatic nitrogens is 1. The molecule has 0 bridgehead atoms. The Bertz CT molecular complexity index is 997. The molecule has 3 nitrogen and oxygen atoms in total. The highest BCUT2D eigenvalue weighted by atomic mass is 32.2. The van der Waals surface area contributed by atoms with E-state index in [1.54, 1.807) is 23.1 Å². The van der Waals surface area contributed by atoms with Gasteiger partial charge in [0.2, 0.25) is 0 Å². The van der Waals surface area contributed by atoms with Gasteiger partial charge in [0, 0.05) is 12.3 Å². The molecule has 1 aromatic heterocycles. The smallest absolute Gasteiger partial charge is 0.252 e. The predicted molar refractivity (Wildman–Crippen MR) is 113 cm³/mol. The summed E-state index contributed by atoms with van der Waals surface area (Å²) >= 11 is 3.42. The molecule has 5 heteroatoms. The highest BCUT2D eigenvalue weighted by molar-refractivity contribution is 7.98. The number of amides is 1. The molecule has 0 saturated carbocycles. The van der Waals surface area contributed by atoms with Crippen molar-refractivity contribution in [2.75, 3.05) is 12.0 Å². The van der Waals surface area contributed by atoms with Crippen molar-refractivity contribution in [1.82, 2.24) is 4.57 Å². The van der Waals surface area contributed by atoms with Gasteiger partial charge < -0.3 is 4.57 Å². The van der Waals surface area contributed by atoms with Gasteiger partial charge in [0.15, 0.2) is 4.80 Å². The van der Waals surface area contributed by atoms with Gasteiger partial charge >= 0.3 is 0 Å². The van der Waals surface area contributed by atoms with Crippen molar-refractivity contribution in [3.63, 3.8) is 0 Å². The number of aryl methyl sites for hydroxylation is 4. The Labute approximate surface area is 162 Å². The number of carbonyl (C=O) groups is 1. The third kappa shape index (κ3) is 4.27. The van der Waals surface area contributed by atoms with Gasteiger partial charge in [0.25, 0.3) is 5.91 Å². The molecule has 2 aromatic carbocycles. The summed E-state index contributed by atoms with van der Waals surface area (Å²) in [7, 11) is 0. The standard InChI is InChI=1S/C21H24N2OS2/c1-14-5-7-17(8-6-14)13-19(24)22-21-23(9-10-25-4)18-12-15(2)11-16(3)20(18)26-21/h5-8,11-12H,9-10,13H2,1-4H3. The fourth-order valence-corrected chi connectivity index (χ4v) is 4.51. The van der Waals surface area contributed by atoms with Crippen LogP contribution in [0.1, 0.15) is 22.3 Å². The number of hydrogen-bond acceptors (Lipinski definition) is 3. The summed E-state index contributed by atoms with van der Waals surface area (Å²) in [6.07, 6.45) is 2.44. The Morgan fingerprint density at radius 1 is 1.12 bits per heavy atom. The quantitative estimate of drug-likeness (QED) is 0.641. The van der Waals surface area contributed by atoms with Crippen LogP contribution in [0, 0.1) is 20.8 Å². The number of carbonyl (C=O) groups excluding carboxylic acids is 1. The first kappa shape index (κ1) is 18.9. The van der Waals surface area contributed by atoms with E-state index in [9.17, 15) is 4.79 Å². The number of fused-ring (bicyclic) bond motifs is 1. The molecule has 0 spiro atoms. The average Bonchev–Trinajstić information content (AvgIpc) is 2.92. The van der Waals surface area contributed by atoms with Gasteiger partial charge in [0.1, 0.15) is 0 Å². The van der Waals surface area contributed by atoms with Crippen molar-refractivity contribution in [3.8, 4) is 0 Å². The predicted octanol–water partition coefficient (Wildman–Crippen LogP) is 4.66. The van der Waals surface area contributed by atoms with Crippen molar-refractivity contribution >= 4 is 39.2 Å². The third-order valence-corrected chi connectivity index (χ3v) is 6.15. The first-order valence-corrected chi connectivity index (χ1v) is 10.9. The third-order valence-electron chi connectivity index (χ3n) is 4.33. The first-order chi connectivity index (χ1) is 12.5. The Hall–Kier alpha value is -1.85. The molecule has 3 aromatic rings. The van der Waals surface area contributed by atoms with Gasteiger partial charge in [-0.3, -0.25) is 4.79 Å². The van der Waals surface area contributed by atoms with Crippen LogP contribution in [0.5, 0.6) is 0 Å². The van der Waals surface area contributed by atoms with Gasteiger partial charge in [-0.15, -0.1) is 0 Å². The highest BCUT2D eigenvalue weighted by Gasteiger charge is 2.11. The van der Waals surface area contributed by atoms with Crippen LogP contribution in [-0.2, 0) is 17.8 Å². The van der Waals surface area contributed by atoms with Crippen LogP contribution in [0.15, 0.2) is 41.4 Å². The molecule has 0 N–H and O–H groups in total. The summed E-state index contributed by atoms with van der Waals surface area (Å²) in [6.45, 7) is 7.15. The van der Waals surface area contributed by atoms with Gasteiger partial charge in [0.05, 0.1) is 16.6 Å². The molecule has 3 rings (SSSR count). The number of hydrogen-bond donors (Lipinski definition) is 0. The maximum Gasteiger partial charge on any atom is 0.252 e. The average molecular weight is 385 g/mol.